The van der Waals surface area contributed by atoms with Crippen molar-refractivity contribution in [3.05, 3.63) is 36.4 Å². The Morgan fingerprint density at radius 2 is 1.83 bits per heavy atom. The number of aromatic nitrogens is 2. The summed E-state index contributed by atoms with van der Waals surface area (Å²) < 4.78 is 10.6. The monoisotopic (exact) mass is 311 g/mol. The van der Waals surface area contributed by atoms with E-state index in [1.165, 1.54) is 0 Å². The minimum Gasteiger partial charge on any atom is -0.493 e. The van der Waals surface area contributed by atoms with E-state index < -0.39 is 0 Å². The Kier molecular flexibility index (Phi) is 3.76. The van der Waals surface area contributed by atoms with Gasteiger partial charge in [0.1, 0.15) is 5.82 Å². The fourth-order valence-electron chi connectivity index (χ4n) is 2.34. The molecular weight excluding hydrogens is 294 g/mol. The number of ether oxygens (including phenoxy) is 2. The van der Waals surface area contributed by atoms with Gasteiger partial charge in [-0.05, 0) is 36.4 Å². The van der Waals surface area contributed by atoms with Gasteiger partial charge in [-0.2, -0.15) is 0 Å². The lowest BCUT2D eigenvalue weighted by molar-refractivity contribution is 0.355. The summed E-state index contributed by atoms with van der Waals surface area (Å²) in [6.45, 7) is 0. The minimum atomic E-state index is 0.0176. The van der Waals surface area contributed by atoms with Gasteiger partial charge in [0.2, 0.25) is 0 Å². The van der Waals surface area contributed by atoms with Crippen LogP contribution in [-0.2, 0) is 0 Å². The SMILES string of the molecule is COc1ccc(-c2nc3ccc(N=C(N)N)cc3[nH]2)cc1OC. The molecule has 0 spiro atoms. The molecule has 23 heavy (non-hydrogen) atoms. The molecule has 3 rings (SSSR count). The number of nitrogens with one attached hydrogen (secondary N) is 1. The molecule has 0 aliphatic heterocycles. The van der Waals surface area contributed by atoms with Gasteiger partial charge < -0.3 is 25.9 Å². The highest BCUT2D eigenvalue weighted by Crippen LogP contribution is 2.32. The summed E-state index contributed by atoms with van der Waals surface area (Å²) in [5, 5.41) is 0. The predicted octanol–water partition coefficient (Wildman–Crippen LogP) is 2.15. The Labute approximate surface area is 132 Å². The van der Waals surface area contributed by atoms with Gasteiger partial charge in [0, 0.05) is 5.56 Å². The van der Waals surface area contributed by atoms with Crippen molar-refractivity contribution in [3.63, 3.8) is 0 Å². The van der Waals surface area contributed by atoms with E-state index in [2.05, 4.69) is 15.0 Å². The summed E-state index contributed by atoms with van der Waals surface area (Å²) in [5.74, 6) is 2.06. The fourth-order valence-corrected chi connectivity index (χ4v) is 2.34. The van der Waals surface area contributed by atoms with E-state index in [9.17, 15) is 0 Å². The number of fused-ring (bicyclic) bond motifs is 1. The standard InChI is InChI=1S/C16H17N5O2/c1-22-13-6-3-9(7-14(13)23-2)15-20-11-5-4-10(19-16(17)18)8-12(11)21-15/h3-8H,1-2H3,(H,20,21)(H4,17,18,19). The quantitative estimate of drug-likeness (QED) is 0.505. The molecule has 118 valence electrons. The molecule has 0 unspecified atom stereocenters. The van der Waals surface area contributed by atoms with Crippen LogP contribution in [0.5, 0.6) is 11.5 Å². The molecule has 7 nitrogen and oxygen atoms in total. The number of aliphatic imine (C=N–C) groups is 1. The van der Waals surface area contributed by atoms with Gasteiger partial charge in [-0.15, -0.1) is 0 Å². The molecular formula is C16H17N5O2. The first-order chi connectivity index (χ1) is 11.1. The van der Waals surface area contributed by atoms with E-state index >= 15 is 0 Å². The number of hydrogen-bond donors (Lipinski definition) is 3. The third-order valence-electron chi connectivity index (χ3n) is 3.38. The second-order valence-electron chi connectivity index (χ2n) is 4.89. The van der Waals surface area contributed by atoms with E-state index in [1.54, 1.807) is 20.3 Å². The normalized spacial score (nSPS) is 10.5. The second kappa shape index (κ2) is 5.88. The number of nitrogens with two attached hydrogens (primary N) is 2. The van der Waals surface area contributed by atoms with Crippen LogP contribution < -0.4 is 20.9 Å². The van der Waals surface area contributed by atoms with E-state index in [1.807, 2.05) is 30.3 Å². The van der Waals surface area contributed by atoms with Gasteiger partial charge in [-0.1, -0.05) is 0 Å². The van der Waals surface area contributed by atoms with Crippen molar-refractivity contribution >= 4 is 22.7 Å². The molecule has 0 fully saturated rings. The number of imidazole rings is 1. The number of benzene rings is 2. The van der Waals surface area contributed by atoms with Gasteiger partial charge >= 0.3 is 0 Å². The van der Waals surface area contributed by atoms with Gasteiger partial charge in [0.15, 0.2) is 17.5 Å². The summed E-state index contributed by atoms with van der Waals surface area (Å²) >= 11 is 0. The molecule has 0 aliphatic carbocycles. The molecule has 1 aromatic heterocycles. The van der Waals surface area contributed by atoms with Crippen molar-refractivity contribution in [2.24, 2.45) is 16.5 Å². The van der Waals surface area contributed by atoms with Crippen molar-refractivity contribution < 1.29 is 9.47 Å². The molecule has 3 aromatic rings. The first-order valence-corrected chi connectivity index (χ1v) is 6.92. The predicted molar refractivity (Wildman–Crippen MR) is 90.1 cm³/mol. The molecule has 0 radical (unpaired) electrons. The lowest BCUT2D eigenvalue weighted by atomic mass is 10.2. The molecule has 0 saturated carbocycles. The maximum absolute atomic E-state index is 5.40. The van der Waals surface area contributed by atoms with Crippen LogP contribution in [-0.4, -0.2) is 30.1 Å². The fraction of sp³-hybridized carbons (Fsp3) is 0.125. The molecule has 1 heterocycles. The summed E-state index contributed by atoms with van der Waals surface area (Å²) in [4.78, 5) is 11.9. The van der Waals surface area contributed by atoms with E-state index in [0.717, 1.165) is 22.4 Å². The summed E-state index contributed by atoms with van der Waals surface area (Å²) in [6.07, 6.45) is 0. The molecule has 0 bridgehead atoms. The highest BCUT2D eigenvalue weighted by molar-refractivity contribution is 5.85. The zero-order valence-electron chi connectivity index (χ0n) is 12.8. The third-order valence-corrected chi connectivity index (χ3v) is 3.38. The maximum atomic E-state index is 5.40. The second-order valence-corrected chi connectivity index (χ2v) is 4.89. The Balaban J connectivity index is 2.05. The van der Waals surface area contributed by atoms with Crippen LogP contribution in [0.2, 0.25) is 0 Å². The van der Waals surface area contributed by atoms with Crippen LogP contribution in [0.1, 0.15) is 0 Å². The van der Waals surface area contributed by atoms with Gasteiger partial charge in [-0.3, -0.25) is 0 Å². The third kappa shape index (κ3) is 2.89. The molecule has 0 aliphatic rings. The highest BCUT2D eigenvalue weighted by atomic mass is 16.5. The molecule has 0 amide bonds. The Hall–Kier alpha value is -3.22. The average Bonchev–Trinajstić information content (AvgIpc) is 2.96. The Morgan fingerprint density at radius 1 is 1.04 bits per heavy atom. The first kappa shape index (κ1) is 14.7. The summed E-state index contributed by atoms with van der Waals surface area (Å²) in [6, 6.07) is 11.1. The van der Waals surface area contributed by atoms with Gasteiger partial charge in [-0.25, -0.2) is 9.98 Å². The van der Waals surface area contributed by atoms with Crippen LogP contribution >= 0.6 is 0 Å². The minimum absolute atomic E-state index is 0.0176. The van der Waals surface area contributed by atoms with Crippen molar-refractivity contribution in [1.29, 1.82) is 0 Å². The number of nitrogens with zero attached hydrogens (tertiary/aromatic N) is 2. The zero-order chi connectivity index (χ0) is 16.4. The van der Waals surface area contributed by atoms with Crippen LogP contribution in [0.25, 0.3) is 22.4 Å². The van der Waals surface area contributed by atoms with E-state index in [0.29, 0.717) is 17.2 Å². The molecule has 5 N–H and O–H groups in total. The molecule has 0 atom stereocenters. The number of methoxy groups -OCH3 is 2. The summed E-state index contributed by atoms with van der Waals surface area (Å²) in [7, 11) is 3.20. The van der Waals surface area contributed by atoms with E-state index in [4.69, 9.17) is 20.9 Å². The van der Waals surface area contributed by atoms with E-state index in [-0.39, 0.29) is 5.96 Å². The number of hydrogen-bond acceptors (Lipinski definition) is 4. The van der Waals surface area contributed by atoms with Crippen LogP contribution in [0.3, 0.4) is 0 Å². The van der Waals surface area contributed by atoms with Crippen LogP contribution in [0, 0.1) is 0 Å². The highest BCUT2D eigenvalue weighted by Gasteiger charge is 2.10. The van der Waals surface area contributed by atoms with Crippen LogP contribution in [0.15, 0.2) is 41.4 Å². The van der Waals surface area contributed by atoms with Crippen molar-refractivity contribution in [3.8, 4) is 22.9 Å². The number of guanidine groups is 1. The van der Waals surface area contributed by atoms with Crippen LogP contribution in [0.4, 0.5) is 5.69 Å². The number of rotatable bonds is 4. The molecule has 2 aromatic carbocycles. The lowest BCUT2D eigenvalue weighted by Crippen LogP contribution is -2.21. The number of aromatic amines is 1. The van der Waals surface area contributed by atoms with Crippen molar-refractivity contribution in [1.82, 2.24) is 9.97 Å². The molecule has 0 saturated heterocycles. The lowest BCUT2D eigenvalue weighted by Gasteiger charge is -2.08. The Morgan fingerprint density at radius 3 is 2.52 bits per heavy atom. The smallest absolute Gasteiger partial charge is 0.191 e. The topological polar surface area (TPSA) is 112 Å². The zero-order valence-corrected chi connectivity index (χ0v) is 12.8. The maximum Gasteiger partial charge on any atom is 0.191 e. The number of H-pyrrole nitrogens is 1. The molecule has 7 heteroatoms. The Bertz CT molecular complexity index is 881. The van der Waals surface area contributed by atoms with Crippen molar-refractivity contribution in [2.75, 3.05) is 14.2 Å². The van der Waals surface area contributed by atoms with Gasteiger partial charge in [0.25, 0.3) is 0 Å². The summed E-state index contributed by atoms with van der Waals surface area (Å²) in [5.41, 5.74) is 14.0. The average molecular weight is 311 g/mol. The van der Waals surface area contributed by atoms with Crippen molar-refractivity contribution in [2.45, 2.75) is 0 Å². The first-order valence-electron chi connectivity index (χ1n) is 6.92. The largest absolute Gasteiger partial charge is 0.493 e. The van der Waals surface area contributed by atoms with Gasteiger partial charge in [0.05, 0.1) is 30.9 Å².